The van der Waals surface area contributed by atoms with Gasteiger partial charge in [-0.2, -0.15) is 5.26 Å². The van der Waals surface area contributed by atoms with Gasteiger partial charge in [0.2, 0.25) is 11.6 Å². The van der Waals surface area contributed by atoms with E-state index in [1.54, 1.807) is 12.1 Å². The minimum atomic E-state index is 0.247. The molecule has 0 amide bonds. The van der Waals surface area contributed by atoms with Gasteiger partial charge in [-0.25, -0.2) is 0 Å². The summed E-state index contributed by atoms with van der Waals surface area (Å²) in [6.45, 7) is 0. The van der Waals surface area contributed by atoms with Gasteiger partial charge in [0.1, 0.15) is 0 Å². The van der Waals surface area contributed by atoms with Gasteiger partial charge in [0, 0.05) is 5.56 Å². The molecule has 0 N–H and O–H groups in total. The molecular formula is C13H13N3O4S. The SMILES string of the molecule is COc1cc(-c2nnc(SCC#N)o2)cc(OC)c1OC. The van der Waals surface area contributed by atoms with Gasteiger partial charge >= 0.3 is 0 Å². The Morgan fingerprint density at radius 3 is 2.33 bits per heavy atom. The monoisotopic (exact) mass is 307 g/mol. The molecule has 21 heavy (non-hydrogen) atoms. The molecule has 0 aliphatic carbocycles. The number of rotatable bonds is 6. The number of hydrogen-bond acceptors (Lipinski definition) is 8. The minimum absolute atomic E-state index is 0.247. The molecule has 0 atom stereocenters. The van der Waals surface area contributed by atoms with Crippen molar-refractivity contribution in [2.24, 2.45) is 0 Å². The van der Waals surface area contributed by atoms with Crippen LogP contribution in [0.4, 0.5) is 0 Å². The zero-order valence-electron chi connectivity index (χ0n) is 11.7. The van der Waals surface area contributed by atoms with Crippen molar-refractivity contribution in [2.75, 3.05) is 27.1 Å². The summed E-state index contributed by atoms with van der Waals surface area (Å²) in [6.07, 6.45) is 0. The predicted octanol–water partition coefficient (Wildman–Crippen LogP) is 2.38. The van der Waals surface area contributed by atoms with Crippen molar-refractivity contribution in [2.45, 2.75) is 5.22 Å². The van der Waals surface area contributed by atoms with E-state index in [1.165, 1.54) is 33.1 Å². The highest BCUT2D eigenvalue weighted by atomic mass is 32.2. The van der Waals surface area contributed by atoms with Crippen LogP contribution in [0.25, 0.3) is 11.5 Å². The zero-order valence-corrected chi connectivity index (χ0v) is 12.6. The zero-order chi connectivity index (χ0) is 15.2. The summed E-state index contributed by atoms with van der Waals surface area (Å²) in [5.74, 6) is 2.04. The fraction of sp³-hybridized carbons (Fsp3) is 0.308. The topological polar surface area (TPSA) is 90.4 Å². The molecule has 1 aromatic carbocycles. The average molecular weight is 307 g/mol. The summed E-state index contributed by atoms with van der Waals surface area (Å²) in [5.41, 5.74) is 0.640. The largest absolute Gasteiger partial charge is 0.493 e. The lowest BCUT2D eigenvalue weighted by Crippen LogP contribution is -1.95. The Balaban J connectivity index is 2.39. The number of ether oxygens (including phenoxy) is 3. The fourth-order valence-corrected chi connectivity index (χ4v) is 2.11. The summed E-state index contributed by atoms with van der Waals surface area (Å²) in [7, 11) is 4.59. The van der Waals surface area contributed by atoms with Gasteiger partial charge in [-0.15, -0.1) is 10.2 Å². The number of benzene rings is 1. The molecule has 2 rings (SSSR count). The summed E-state index contributed by atoms with van der Waals surface area (Å²) in [6, 6.07) is 5.43. The first-order valence-electron chi connectivity index (χ1n) is 5.87. The minimum Gasteiger partial charge on any atom is -0.493 e. The number of methoxy groups -OCH3 is 3. The van der Waals surface area contributed by atoms with Crippen LogP contribution in [0.1, 0.15) is 0 Å². The maximum atomic E-state index is 8.54. The lowest BCUT2D eigenvalue weighted by atomic mass is 10.2. The van der Waals surface area contributed by atoms with E-state index in [0.717, 1.165) is 0 Å². The van der Waals surface area contributed by atoms with Gasteiger partial charge in [-0.3, -0.25) is 0 Å². The number of nitriles is 1. The first kappa shape index (κ1) is 15.0. The second kappa shape index (κ2) is 6.85. The molecule has 0 saturated heterocycles. The van der Waals surface area contributed by atoms with E-state index in [0.29, 0.717) is 33.9 Å². The standard InChI is InChI=1S/C13H13N3O4S/c1-17-9-6-8(7-10(18-2)11(9)19-3)12-15-16-13(20-12)21-5-4-14/h6-7H,5H2,1-3H3. The van der Waals surface area contributed by atoms with Crippen molar-refractivity contribution in [3.8, 4) is 34.8 Å². The molecule has 0 radical (unpaired) electrons. The van der Waals surface area contributed by atoms with Crippen molar-refractivity contribution in [3.05, 3.63) is 12.1 Å². The van der Waals surface area contributed by atoms with E-state index in [4.69, 9.17) is 23.9 Å². The van der Waals surface area contributed by atoms with E-state index in [-0.39, 0.29) is 5.75 Å². The van der Waals surface area contributed by atoms with Crippen LogP contribution in [0.5, 0.6) is 17.2 Å². The van der Waals surface area contributed by atoms with Crippen molar-refractivity contribution in [3.63, 3.8) is 0 Å². The Bertz CT molecular complexity index is 641. The van der Waals surface area contributed by atoms with E-state index in [9.17, 15) is 0 Å². The second-order valence-corrected chi connectivity index (χ2v) is 4.66. The van der Waals surface area contributed by atoms with Crippen LogP contribution in [0.2, 0.25) is 0 Å². The highest BCUT2D eigenvalue weighted by Gasteiger charge is 2.17. The third kappa shape index (κ3) is 3.20. The van der Waals surface area contributed by atoms with E-state index in [2.05, 4.69) is 10.2 Å². The maximum Gasteiger partial charge on any atom is 0.277 e. The highest BCUT2D eigenvalue weighted by molar-refractivity contribution is 7.99. The lowest BCUT2D eigenvalue weighted by molar-refractivity contribution is 0.324. The van der Waals surface area contributed by atoms with E-state index >= 15 is 0 Å². The number of nitrogens with zero attached hydrogens (tertiary/aromatic N) is 3. The quantitative estimate of drug-likeness (QED) is 0.751. The molecule has 0 saturated carbocycles. The first-order chi connectivity index (χ1) is 10.2. The van der Waals surface area contributed by atoms with E-state index < -0.39 is 0 Å². The van der Waals surface area contributed by atoms with Crippen LogP contribution in [0, 0.1) is 11.3 Å². The first-order valence-corrected chi connectivity index (χ1v) is 6.85. The smallest absolute Gasteiger partial charge is 0.277 e. The molecule has 0 aliphatic heterocycles. The van der Waals surface area contributed by atoms with Crippen LogP contribution in [-0.4, -0.2) is 37.3 Å². The van der Waals surface area contributed by atoms with Gasteiger partial charge in [-0.05, 0) is 12.1 Å². The number of aromatic nitrogens is 2. The van der Waals surface area contributed by atoms with Gasteiger partial charge in [0.15, 0.2) is 11.5 Å². The molecule has 0 spiro atoms. The fourth-order valence-electron chi connectivity index (χ4n) is 1.68. The summed E-state index contributed by atoms with van der Waals surface area (Å²) < 4.78 is 21.3. The molecule has 0 aliphatic rings. The molecule has 2 aromatic rings. The van der Waals surface area contributed by atoms with Crippen LogP contribution in [-0.2, 0) is 0 Å². The second-order valence-electron chi connectivity index (χ2n) is 3.73. The van der Waals surface area contributed by atoms with Crippen molar-refractivity contribution in [1.29, 1.82) is 5.26 Å². The van der Waals surface area contributed by atoms with Gasteiger partial charge in [0.05, 0.1) is 33.2 Å². The third-order valence-corrected chi connectivity index (χ3v) is 3.26. The van der Waals surface area contributed by atoms with Crippen LogP contribution < -0.4 is 14.2 Å². The Morgan fingerprint density at radius 1 is 1.14 bits per heavy atom. The van der Waals surface area contributed by atoms with E-state index in [1.807, 2.05) is 6.07 Å². The Kier molecular flexibility index (Phi) is 4.90. The van der Waals surface area contributed by atoms with Crippen LogP contribution in [0.15, 0.2) is 21.8 Å². The Labute approximate surface area is 125 Å². The summed E-state index contributed by atoms with van der Waals surface area (Å²) >= 11 is 1.17. The molecule has 110 valence electrons. The molecule has 7 nitrogen and oxygen atoms in total. The average Bonchev–Trinajstić information content (AvgIpc) is 3.00. The van der Waals surface area contributed by atoms with Crippen molar-refractivity contribution < 1.29 is 18.6 Å². The molecular weight excluding hydrogens is 294 g/mol. The molecule has 0 fully saturated rings. The molecule has 0 unspecified atom stereocenters. The molecule has 8 heteroatoms. The van der Waals surface area contributed by atoms with Crippen molar-refractivity contribution in [1.82, 2.24) is 10.2 Å². The van der Waals surface area contributed by atoms with Crippen LogP contribution >= 0.6 is 11.8 Å². The molecule has 0 bridgehead atoms. The molecule has 1 heterocycles. The normalized spacial score (nSPS) is 10.0. The summed E-state index contributed by atoms with van der Waals surface area (Å²) in [4.78, 5) is 0. The van der Waals surface area contributed by atoms with Gasteiger partial charge in [0.25, 0.3) is 5.22 Å². The summed E-state index contributed by atoms with van der Waals surface area (Å²) in [5, 5.41) is 16.7. The van der Waals surface area contributed by atoms with Crippen molar-refractivity contribution >= 4 is 11.8 Å². The van der Waals surface area contributed by atoms with Gasteiger partial charge < -0.3 is 18.6 Å². The number of hydrogen-bond donors (Lipinski definition) is 0. The third-order valence-electron chi connectivity index (χ3n) is 2.58. The number of thioether (sulfide) groups is 1. The Hall–Kier alpha value is -2.40. The predicted molar refractivity (Wildman–Crippen MR) is 75.7 cm³/mol. The van der Waals surface area contributed by atoms with Crippen LogP contribution in [0.3, 0.4) is 0 Å². The highest BCUT2D eigenvalue weighted by Crippen LogP contribution is 2.41. The lowest BCUT2D eigenvalue weighted by Gasteiger charge is -2.12. The molecule has 1 aromatic heterocycles. The maximum absolute atomic E-state index is 8.54. The van der Waals surface area contributed by atoms with Gasteiger partial charge in [-0.1, -0.05) is 11.8 Å². The Morgan fingerprint density at radius 2 is 1.81 bits per heavy atom.